The predicted molar refractivity (Wildman–Crippen MR) is 85.2 cm³/mol. The Morgan fingerprint density at radius 3 is 2.43 bits per heavy atom. The van der Waals surface area contributed by atoms with Crippen molar-refractivity contribution in [2.75, 3.05) is 12.4 Å². The number of hydrogen-bond donors (Lipinski definition) is 1. The highest BCUT2D eigenvalue weighted by Gasteiger charge is 2.21. The van der Waals surface area contributed by atoms with Crippen LogP contribution in [0.1, 0.15) is 10.5 Å². The number of ether oxygens (including phenoxy) is 1. The van der Waals surface area contributed by atoms with Crippen LogP contribution in [0.25, 0.3) is 0 Å². The summed E-state index contributed by atoms with van der Waals surface area (Å²) < 4.78 is 5.14. The first-order chi connectivity index (χ1) is 9.95. The molecule has 1 aromatic carbocycles. The monoisotopic (exact) mass is 364 g/mol. The summed E-state index contributed by atoms with van der Waals surface area (Å²) in [6, 6.07) is 6.89. The number of aromatic nitrogens is 1. The van der Waals surface area contributed by atoms with E-state index in [-0.39, 0.29) is 25.9 Å². The number of nitrogens with zero attached hydrogens (tertiary/aromatic N) is 1. The van der Waals surface area contributed by atoms with E-state index in [4.69, 9.17) is 51.1 Å². The minimum atomic E-state index is -0.579. The van der Waals surface area contributed by atoms with Gasteiger partial charge in [-0.15, -0.1) is 0 Å². The number of hydrogen-bond acceptors (Lipinski definition) is 3. The fourth-order valence-corrected chi connectivity index (χ4v) is 2.38. The van der Waals surface area contributed by atoms with E-state index in [1.807, 2.05) is 0 Å². The molecule has 0 radical (unpaired) electrons. The molecule has 0 fully saturated rings. The number of anilines is 1. The van der Waals surface area contributed by atoms with E-state index < -0.39 is 5.91 Å². The van der Waals surface area contributed by atoms with Gasteiger partial charge in [0.1, 0.15) is 16.6 Å². The fraction of sp³-hybridized carbons (Fsp3) is 0.0769. The zero-order valence-electron chi connectivity index (χ0n) is 10.6. The largest absolute Gasteiger partial charge is 0.495 e. The lowest BCUT2D eigenvalue weighted by molar-refractivity contribution is 0.102. The number of methoxy groups -OCH3 is 1. The van der Waals surface area contributed by atoms with Crippen molar-refractivity contribution < 1.29 is 9.53 Å². The molecule has 0 spiro atoms. The second-order valence-corrected chi connectivity index (χ2v) is 5.34. The summed E-state index contributed by atoms with van der Waals surface area (Å²) in [7, 11) is 1.49. The third kappa shape index (κ3) is 3.35. The van der Waals surface area contributed by atoms with Crippen LogP contribution in [0.3, 0.4) is 0 Å². The Hall–Kier alpha value is -1.20. The van der Waals surface area contributed by atoms with Crippen molar-refractivity contribution in [1.82, 2.24) is 4.98 Å². The molecule has 0 unspecified atom stereocenters. The smallest absolute Gasteiger partial charge is 0.276 e. The van der Waals surface area contributed by atoms with Crippen LogP contribution in [0.15, 0.2) is 24.3 Å². The molecule has 1 amide bonds. The summed E-state index contributed by atoms with van der Waals surface area (Å²) in [5.41, 5.74) is 0.340. The molecule has 2 rings (SSSR count). The van der Waals surface area contributed by atoms with Gasteiger partial charge in [0.05, 0.1) is 27.9 Å². The first-order valence-corrected chi connectivity index (χ1v) is 7.11. The van der Waals surface area contributed by atoms with E-state index in [1.54, 1.807) is 24.3 Å². The minimum absolute atomic E-state index is 0.00262. The number of carbonyl (C=O) groups is 1. The maximum atomic E-state index is 12.2. The van der Waals surface area contributed by atoms with Gasteiger partial charge >= 0.3 is 0 Å². The number of pyridine rings is 1. The van der Waals surface area contributed by atoms with Crippen LogP contribution in [0, 0.1) is 0 Å². The van der Waals surface area contributed by atoms with Crippen molar-refractivity contribution in [3.05, 3.63) is 50.2 Å². The fourth-order valence-electron chi connectivity index (χ4n) is 1.57. The Bertz CT molecular complexity index is 707. The highest BCUT2D eigenvalue weighted by molar-refractivity contribution is 6.52. The van der Waals surface area contributed by atoms with Gasteiger partial charge in [-0.1, -0.05) is 58.5 Å². The molecule has 4 nitrogen and oxygen atoms in total. The Balaban J connectivity index is 2.38. The third-order valence-electron chi connectivity index (χ3n) is 2.55. The zero-order valence-corrected chi connectivity index (χ0v) is 13.6. The zero-order chi connectivity index (χ0) is 15.6. The van der Waals surface area contributed by atoms with Crippen molar-refractivity contribution in [1.29, 1.82) is 0 Å². The molecule has 1 heterocycles. The van der Waals surface area contributed by atoms with Gasteiger partial charge in [-0.2, -0.15) is 0 Å². The molecule has 1 N–H and O–H groups in total. The number of carbonyl (C=O) groups excluding carboxylic acids is 1. The van der Waals surface area contributed by atoms with Crippen LogP contribution < -0.4 is 10.1 Å². The van der Waals surface area contributed by atoms with Gasteiger partial charge in [0.2, 0.25) is 0 Å². The second-order valence-electron chi connectivity index (χ2n) is 3.85. The molecular formula is C13H8Cl4N2O2. The number of para-hydroxylation sites is 2. The number of halogens is 4. The average molecular weight is 366 g/mol. The first kappa shape index (κ1) is 16.2. The highest BCUT2D eigenvalue weighted by Crippen LogP contribution is 2.36. The summed E-state index contributed by atoms with van der Waals surface area (Å²) in [5.74, 6) is -0.0851. The molecule has 2 aromatic rings. The molecule has 8 heteroatoms. The summed E-state index contributed by atoms with van der Waals surface area (Å²) in [4.78, 5) is 16.1. The van der Waals surface area contributed by atoms with Gasteiger partial charge in [0, 0.05) is 0 Å². The molecule has 0 aliphatic rings. The van der Waals surface area contributed by atoms with Gasteiger partial charge in [-0.05, 0) is 12.1 Å². The normalized spacial score (nSPS) is 10.3. The van der Waals surface area contributed by atoms with Gasteiger partial charge in [0.25, 0.3) is 5.91 Å². The van der Waals surface area contributed by atoms with Crippen molar-refractivity contribution in [3.63, 3.8) is 0 Å². The van der Waals surface area contributed by atoms with Crippen molar-refractivity contribution in [2.45, 2.75) is 0 Å². The van der Waals surface area contributed by atoms with Crippen LogP contribution in [0.2, 0.25) is 20.2 Å². The van der Waals surface area contributed by atoms with Gasteiger partial charge in [-0.3, -0.25) is 4.79 Å². The average Bonchev–Trinajstić information content (AvgIpc) is 2.49. The maximum Gasteiger partial charge on any atom is 0.276 e. The predicted octanol–water partition coefficient (Wildman–Crippen LogP) is 4.96. The molecule has 0 atom stereocenters. The van der Waals surface area contributed by atoms with Gasteiger partial charge in [0.15, 0.2) is 0 Å². The lowest BCUT2D eigenvalue weighted by Crippen LogP contribution is -2.15. The van der Waals surface area contributed by atoms with E-state index in [9.17, 15) is 4.79 Å². The Morgan fingerprint density at radius 2 is 1.76 bits per heavy atom. The molecule has 0 aliphatic carbocycles. The first-order valence-electron chi connectivity index (χ1n) is 5.60. The molecule has 21 heavy (non-hydrogen) atoms. The van der Waals surface area contributed by atoms with Crippen molar-refractivity contribution >= 4 is 58.0 Å². The number of benzene rings is 1. The van der Waals surface area contributed by atoms with Crippen LogP contribution in [0.5, 0.6) is 5.75 Å². The van der Waals surface area contributed by atoms with E-state index in [1.165, 1.54) is 7.11 Å². The molecule has 1 aromatic heterocycles. The van der Waals surface area contributed by atoms with Crippen LogP contribution >= 0.6 is 46.4 Å². The van der Waals surface area contributed by atoms with Gasteiger partial charge < -0.3 is 10.1 Å². The van der Waals surface area contributed by atoms with Crippen LogP contribution in [0.4, 0.5) is 5.69 Å². The van der Waals surface area contributed by atoms with Crippen LogP contribution in [-0.4, -0.2) is 18.0 Å². The molecule has 0 saturated carbocycles. The van der Waals surface area contributed by atoms with E-state index >= 15 is 0 Å². The SMILES string of the molecule is COc1ccccc1NC(=O)c1nc(Cl)c(Cl)c(Cl)c1Cl. The highest BCUT2D eigenvalue weighted by atomic mass is 35.5. The minimum Gasteiger partial charge on any atom is -0.495 e. The Morgan fingerprint density at radius 1 is 1.10 bits per heavy atom. The van der Waals surface area contributed by atoms with E-state index in [2.05, 4.69) is 10.3 Å². The second kappa shape index (κ2) is 6.71. The summed E-state index contributed by atoms with van der Waals surface area (Å²) in [5, 5.41) is 2.42. The van der Waals surface area contributed by atoms with Crippen LogP contribution in [-0.2, 0) is 0 Å². The van der Waals surface area contributed by atoms with Gasteiger partial charge in [-0.25, -0.2) is 4.98 Å². The lowest BCUT2D eigenvalue weighted by atomic mass is 10.2. The summed E-state index contributed by atoms with van der Waals surface area (Å²) in [6.45, 7) is 0. The molecular weight excluding hydrogens is 358 g/mol. The topological polar surface area (TPSA) is 51.2 Å². The Labute approximate surface area is 140 Å². The molecule has 0 aliphatic heterocycles. The van der Waals surface area contributed by atoms with Crippen molar-refractivity contribution in [2.24, 2.45) is 0 Å². The van der Waals surface area contributed by atoms with Crippen molar-refractivity contribution in [3.8, 4) is 5.75 Å². The number of nitrogens with one attached hydrogen (secondary N) is 1. The van der Waals surface area contributed by atoms with E-state index in [0.717, 1.165) is 0 Å². The standard InChI is InChI=1S/C13H8Cl4N2O2/c1-21-7-5-3-2-4-6(7)18-13(20)11-9(15)8(14)10(16)12(17)19-11/h2-5H,1H3,(H,18,20). The lowest BCUT2D eigenvalue weighted by Gasteiger charge is -2.11. The summed E-state index contributed by atoms with van der Waals surface area (Å²) >= 11 is 23.5. The third-order valence-corrected chi connectivity index (χ3v) is 4.23. The molecule has 0 saturated heterocycles. The summed E-state index contributed by atoms with van der Waals surface area (Å²) in [6.07, 6.45) is 0. The molecule has 110 valence electrons. The number of rotatable bonds is 3. The maximum absolute atomic E-state index is 12.2. The Kier molecular flexibility index (Phi) is 5.17. The quantitative estimate of drug-likeness (QED) is 0.782. The number of amides is 1. The molecule has 0 bridgehead atoms. The van der Waals surface area contributed by atoms with E-state index in [0.29, 0.717) is 11.4 Å².